The van der Waals surface area contributed by atoms with Gasteiger partial charge in [-0.2, -0.15) is 0 Å². The number of aromatic amines is 1. The van der Waals surface area contributed by atoms with Crippen molar-refractivity contribution < 1.29 is 12.6 Å². The zero-order valence-corrected chi connectivity index (χ0v) is 18.1. The van der Waals surface area contributed by atoms with Gasteiger partial charge in [-0.05, 0) is 54.2 Å². The second kappa shape index (κ2) is 8.01. The quantitative estimate of drug-likeness (QED) is 0.646. The van der Waals surface area contributed by atoms with E-state index in [0.717, 1.165) is 27.9 Å². The van der Waals surface area contributed by atoms with E-state index in [1.54, 1.807) is 6.20 Å². The summed E-state index contributed by atoms with van der Waals surface area (Å²) in [6.45, 7) is 4.28. The molecule has 1 fully saturated rings. The number of fused-ring (bicyclic) bond motifs is 1. The summed E-state index contributed by atoms with van der Waals surface area (Å²) >= 11 is 0. The molecule has 154 valence electrons. The van der Waals surface area contributed by atoms with E-state index in [9.17, 15) is 12.6 Å². The van der Waals surface area contributed by atoms with E-state index in [1.165, 1.54) is 0 Å². The number of nitrogens with zero attached hydrogens (tertiary/aromatic N) is 1. The van der Waals surface area contributed by atoms with Crippen molar-refractivity contribution in [2.24, 2.45) is 0 Å². The van der Waals surface area contributed by atoms with Gasteiger partial charge in [0.25, 0.3) is 0 Å². The molecule has 0 radical (unpaired) electrons. The smallest absolute Gasteiger partial charge is 0.150 e. The van der Waals surface area contributed by atoms with E-state index in [2.05, 4.69) is 34.6 Å². The van der Waals surface area contributed by atoms with Gasteiger partial charge in [0, 0.05) is 23.3 Å². The average Bonchev–Trinajstić information content (AvgIpc) is 3.14. The molecular formula is C21H25N3O3S2. The molecular weight excluding hydrogens is 406 g/mol. The van der Waals surface area contributed by atoms with Crippen LogP contribution in [0.1, 0.15) is 38.3 Å². The summed E-state index contributed by atoms with van der Waals surface area (Å²) in [7, 11) is -4.28. The maximum absolute atomic E-state index is 12.6. The highest BCUT2D eigenvalue weighted by Gasteiger charge is 2.24. The first-order chi connectivity index (χ1) is 13.8. The van der Waals surface area contributed by atoms with Crippen molar-refractivity contribution in [3.8, 4) is 11.1 Å². The van der Waals surface area contributed by atoms with Gasteiger partial charge in [0.15, 0.2) is 0 Å². The molecule has 3 aromatic rings. The maximum atomic E-state index is 12.6. The first-order valence-electron chi connectivity index (χ1n) is 9.79. The van der Waals surface area contributed by atoms with E-state index in [-0.39, 0.29) is 17.5 Å². The zero-order valence-electron chi connectivity index (χ0n) is 16.5. The fourth-order valence-electron chi connectivity index (χ4n) is 3.60. The van der Waals surface area contributed by atoms with Crippen LogP contribution in [0.3, 0.4) is 0 Å². The highest BCUT2D eigenvalue weighted by molar-refractivity contribution is 7.91. The van der Waals surface area contributed by atoms with Gasteiger partial charge in [-0.3, -0.25) is 0 Å². The van der Waals surface area contributed by atoms with Crippen LogP contribution in [0, 0.1) is 0 Å². The summed E-state index contributed by atoms with van der Waals surface area (Å²) in [5.41, 5.74) is 4.14. The molecule has 1 unspecified atom stereocenters. The van der Waals surface area contributed by atoms with Crippen LogP contribution in [0.4, 0.5) is 0 Å². The van der Waals surface area contributed by atoms with Crippen LogP contribution < -0.4 is 4.72 Å². The molecule has 0 amide bonds. The minimum Gasteiger partial charge on any atom is -0.343 e. The van der Waals surface area contributed by atoms with Crippen LogP contribution in [-0.2, 0) is 20.8 Å². The Kier molecular flexibility index (Phi) is 5.59. The Morgan fingerprint density at radius 2 is 1.83 bits per heavy atom. The second-order valence-corrected chi connectivity index (χ2v) is 11.4. The molecule has 2 N–H and O–H groups in total. The summed E-state index contributed by atoms with van der Waals surface area (Å²) in [6, 6.07) is 11.8. The molecule has 3 heterocycles. The van der Waals surface area contributed by atoms with Gasteiger partial charge in [-0.15, -0.1) is 0 Å². The third kappa shape index (κ3) is 4.44. The molecule has 6 nitrogen and oxygen atoms in total. The van der Waals surface area contributed by atoms with Gasteiger partial charge in [-0.25, -0.2) is 22.3 Å². The summed E-state index contributed by atoms with van der Waals surface area (Å²) < 4.78 is 38.8. The maximum Gasteiger partial charge on any atom is 0.150 e. The standard InChI is InChI=1S/C21H25N3O3S2/c1-14(2)20-13-19-18(7-10-22-21(19)23-20)15-3-5-17(6-4-15)28(25)24-16-8-11-29(26,27)12-9-16/h3-7,10,13-14,16,24H,8-9,11-12H2,1-2H3,(H,22,23). The number of hydrogen-bond donors (Lipinski definition) is 2. The van der Waals surface area contributed by atoms with Crippen LogP contribution in [-0.4, -0.2) is 40.1 Å². The third-order valence-electron chi connectivity index (χ3n) is 5.38. The van der Waals surface area contributed by atoms with Crippen molar-refractivity contribution in [3.05, 3.63) is 48.3 Å². The largest absolute Gasteiger partial charge is 0.343 e. The molecule has 4 rings (SSSR count). The first kappa shape index (κ1) is 20.3. The number of sulfone groups is 1. The molecule has 29 heavy (non-hydrogen) atoms. The van der Waals surface area contributed by atoms with Gasteiger partial charge in [0.05, 0.1) is 16.4 Å². The predicted octanol–water partition coefficient (Wildman–Crippen LogP) is 3.54. The van der Waals surface area contributed by atoms with Gasteiger partial charge in [-0.1, -0.05) is 26.0 Å². The molecule has 0 bridgehead atoms. The minimum atomic E-state index is -2.92. The van der Waals surface area contributed by atoms with Crippen LogP contribution in [0.2, 0.25) is 0 Å². The number of benzene rings is 1. The third-order valence-corrected chi connectivity index (χ3v) is 8.35. The van der Waals surface area contributed by atoms with Crippen LogP contribution >= 0.6 is 0 Å². The fraction of sp³-hybridized carbons (Fsp3) is 0.381. The van der Waals surface area contributed by atoms with Crippen molar-refractivity contribution in [1.82, 2.24) is 14.7 Å². The Bertz CT molecular complexity index is 1140. The summed E-state index contributed by atoms with van der Waals surface area (Å²) in [5, 5.41) is 1.08. The van der Waals surface area contributed by atoms with E-state index in [4.69, 9.17) is 0 Å². The lowest BCUT2D eigenvalue weighted by Crippen LogP contribution is -2.38. The first-order valence-corrected chi connectivity index (χ1v) is 12.8. The van der Waals surface area contributed by atoms with E-state index in [0.29, 0.717) is 23.7 Å². The lowest BCUT2D eigenvalue weighted by Gasteiger charge is -2.22. The number of rotatable bonds is 5. The Labute approximate surface area is 173 Å². The average molecular weight is 432 g/mol. The molecule has 0 spiro atoms. The van der Waals surface area contributed by atoms with Gasteiger partial charge >= 0.3 is 0 Å². The van der Waals surface area contributed by atoms with E-state index < -0.39 is 20.8 Å². The molecule has 8 heteroatoms. The number of H-pyrrole nitrogens is 1. The lowest BCUT2D eigenvalue weighted by atomic mass is 10.0. The highest BCUT2D eigenvalue weighted by Crippen LogP contribution is 2.30. The van der Waals surface area contributed by atoms with Crippen molar-refractivity contribution >= 4 is 31.9 Å². The fourth-order valence-corrected chi connectivity index (χ4v) is 6.14. The Hall–Kier alpha value is -2.03. The molecule has 0 saturated carbocycles. The lowest BCUT2D eigenvalue weighted by molar-refractivity contribution is 0.524. The van der Waals surface area contributed by atoms with Crippen molar-refractivity contribution in [3.63, 3.8) is 0 Å². The van der Waals surface area contributed by atoms with Gasteiger partial charge in [0.1, 0.15) is 26.5 Å². The number of hydrogen-bond acceptors (Lipinski definition) is 4. The number of pyridine rings is 1. The van der Waals surface area contributed by atoms with E-state index in [1.807, 2.05) is 30.3 Å². The molecule has 1 atom stereocenters. The van der Waals surface area contributed by atoms with Crippen molar-refractivity contribution in [1.29, 1.82) is 0 Å². The summed E-state index contributed by atoms with van der Waals surface area (Å²) in [6.07, 6.45) is 2.81. The van der Waals surface area contributed by atoms with Crippen LogP contribution in [0.5, 0.6) is 0 Å². The van der Waals surface area contributed by atoms with E-state index >= 15 is 0 Å². The number of nitrogens with one attached hydrogen (secondary N) is 2. The second-order valence-electron chi connectivity index (χ2n) is 7.84. The van der Waals surface area contributed by atoms with Crippen molar-refractivity contribution in [2.45, 2.75) is 43.5 Å². The normalized spacial score (nSPS) is 18.3. The van der Waals surface area contributed by atoms with Crippen molar-refractivity contribution in [2.75, 3.05) is 11.5 Å². The monoisotopic (exact) mass is 431 g/mol. The van der Waals surface area contributed by atoms with Crippen LogP contribution in [0.25, 0.3) is 22.2 Å². The SMILES string of the molecule is CC(C)c1cc2c(-c3ccc(S(=O)NC4CCS(=O)(=O)CC4)cc3)ccnc2[nH]1. The number of aromatic nitrogens is 2. The predicted molar refractivity (Wildman–Crippen MR) is 117 cm³/mol. The summed E-state index contributed by atoms with van der Waals surface area (Å²) in [4.78, 5) is 8.49. The minimum absolute atomic E-state index is 0.0341. The highest BCUT2D eigenvalue weighted by atomic mass is 32.2. The molecule has 1 aliphatic rings. The summed E-state index contributed by atoms with van der Waals surface area (Å²) in [5.74, 6) is 0.713. The Morgan fingerprint density at radius 3 is 2.48 bits per heavy atom. The molecule has 1 aliphatic heterocycles. The van der Waals surface area contributed by atoms with Gasteiger partial charge in [0.2, 0.25) is 0 Å². The van der Waals surface area contributed by atoms with Gasteiger partial charge < -0.3 is 4.98 Å². The molecule has 1 aromatic carbocycles. The Morgan fingerprint density at radius 1 is 1.14 bits per heavy atom. The molecule has 0 aliphatic carbocycles. The molecule has 2 aromatic heterocycles. The molecule has 1 saturated heterocycles. The Balaban J connectivity index is 1.52. The van der Waals surface area contributed by atoms with Crippen LogP contribution in [0.15, 0.2) is 47.5 Å². The zero-order chi connectivity index (χ0) is 20.6. The topological polar surface area (TPSA) is 91.9 Å².